The van der Waals surface area contributed by atoms with Gasteiger partial charge in [0, 0.05) is 45.8 Å². The first-order valence-corrected chi connectivity index (χ1v) is 7.02. The molecule has 1 saturated heterocycles. The summed E-state index contributed by atoms with van der Waals surface area (Å²) in [5, 5.41) is 13.8. The van der Waals surface area contributed by atoms with E-state index in [0.717, 1.165) is 12.8 Å². The number of anilines is 1. The van der Waals surface area contributed by atoms with E-state index in [2.05, 4.69) is 26.2 Å². The highest BCUT2D eigenvalue weighted by molar-refractivity contribution is 9.10. The van der Waals surface area contributed by atoms with Gasteiger partial charge in [-0.05, 0) is 15.9 Å². The lowest BCUT2D eigenvalue weighted by Gasteiger charge is -2.36. The van der Waals surface area contributed by atoms with Gasteiger partial charge in [0.05, 0.1) is 15.0 Å². The lowest BCUT2D eigenvalue weighted by molar-refractivity contribution is -0.385. The van der Waals surface area contributed by atoms with Gasteiger partial charge in [-0.2, -0.15) is 0 Å². The average molecular weight is 346 g/mol. The van der Waals surface area contributed by atoms with Crippen molar-refractivity contribution in [3.05, 3.63) is 26.9 Å². The summed E-state index contributed by atoms with van der Waals surface area (Å²) in [4.78, 5) is 14.2. The molecule has 7 nitrogen and oxygen atoms in total. The van der Waals surface area contributed by atoms with Crippen LogP contribution in [0.2, 0.25) is 0 Å². The average Bonchev–Trinajstić information content (AvgIpc) is 2.47. The summed E-state index contributed by atoms with van der Waals surface area (Å²) in [5.74, 6) is 0.568. The third kappa shape index (κ3) is 3.44. The van der Waals surface area contributed by atoms with Crippen molar-refractivity contribution in [1.29, 1.82) is 0 Å². The maximum absolute atomic E-state index is 10.7. The van der Waals surface area contributed by atoms with Crippen molar-refractivity contribution in [3.8, 4) is 0 Å². The Balaban J connectivity index is 2.04. The fraction of sp³-hybridized carbons (Fsp3) is 0.583. The monoisotopic (exact) mass is 345 g/mol. The largest absolute Gasteiger partial charge is 0.381 e. The minimum Gasteiger partial charge on any atom is -0.381 e. The van der Waals surface area contributed by atoms with Crippen LogP contribution in [0.5, 0.6) is 0 Å². The van der Waals surface area contributed by atoms with E-state index in [9.17, 15) is 10.1 Å². The van der Waals surface area contributed by atoms with Crippen LogP contribution >= 0.6 is 15.9 Å². The second-order valence-electron chi connectivity index (χ2n) is 4.63. The van der Waals surface area contributed by atoms with E-state index < -0.39 is 4.92 Å². The van der Waals surface area contributed by atoms with Gasteiger partial charge in [-0.1, -0.05) is 0 Å². The SMILES string of the molecule is COC1(CNc2ncc([N+](=O)[O-])cc2Br)CCOCC1. The number of nitrogens with one attached hydrogen (secondary N) is 1. The summed E-state index contributed by atoms with van der Waals surface area (Å²) >= 11 is 3.29. The highest BCUT2D eigenvalue weighted by Crippen LogP contribution is 2.28. The first-order chi connectivity index (χ1) is 9.56. The molecule has 110 valence electrons. The number of nitro groups is 1. The molecule has 2 rings (SSSR count). The zero-order valence-electron chi connectivity index (χ0n) is 11.1. The standard InChI is InChI=1S/C12H16BrN3O4/c1-19-12(2-4-20-5-3-12)8-15-11-10(13)6-9(7-14-11)16(17)18/h6-7H,2-5,8H2,1H3,(H,14,15). The molecule has 0 amide bonds. The normalized spacial score (nSPS) is 17.7. The number of methoxy groups -OCH3 is 1. The highest BCUT2D eigenvalue weighted by atomic mass is 79.9. The van der Waals surface area contributed by atoms with Gasteiger partial charge in [-0.3, -0.25) is 10.1 Å². The van der Waals surface area contributed by atoms with E-state index in [-0.39, 0.29) is 11.3 Å². The molecule has 0 aromatic carbocycles. The Kier molecular flexibility index (Phi) is 4.90. The summed E-state index contributed by atoms with van der Waals surface area (Å²) in [6.45, 7) is 1.92. The number of ether oxygens (including phenoxy) is 2. The summed E-state index contributed by atoms with van der Waals surface area (Å²) in [6, 6.07) is 1.43. The molecule has 2 heterocycles. The maximum Gasteiger partial charge on any atom is 0.288 e. The summed E-state index contributed by atoms with van der Waals surface area (Å²) in [6.07, 6.45) is 2.85. The van der Waals surface area contributed by atoms with Gasteiger partial charge in [0.1, 0.15) is 12.0 Å². The van der Waals surface area contributed by atoms with Crippen LogP contribution in [0.4, 0.5) is 11.5 Å². The van der Waals surface area contributed by atoms with Crippen LogP contribution in [-0.2, 0) is 9.47 Å². The Morgan fingerprint density at radius 2 is 2.30 bits per heavy atom. The Labute approximate surface area is 124 Å². The summed E-state index contributed by atoms with van der Waals surface area (Å²) in [7, 11) is 1.69. The number of hydrogen-bond acceptors (Lipinski definition) is 6. The second kappa shape index (κ2) is 6.47. The molecule has 0 aliphatic carbocycles. The molecule has 1 fully saturated rings. The zero-order valence-corrected chi connectivity index (χ0v) is 12.7. The minimum atomic E-state index is -0.476. The van der Waals surface area contributed by atoms with Crippen LogP contribution in [0.15, 0.2) is 16.7 Å². The lowest BCUT2D eigenvalue weighted by atomic mass is 9.94. The highest BCUT2D eigenvalue weighted by Gasteiger charge is 2.32. The quantitative estimate of drug-likeness (QED) is 0.651. The van der Waals surface area contributed by atoms with E-state index >= 15 is 0 Å². The Hall–Kier alpha value is -1.25. The molecular weight excluding hydrogens is 330 g/mol. The molecule has 8 heteroatoms. The molecule has 0 spiro atoms. The van der Waals surface area contributed by atoms with Crippen molar-refractivity contribution in [2.45, 2.75) is 18.4 Å². The van der Waals surface area contributed by atoms with E-state index in [1.165, 1.54) is 12.3 Å². The Bertz CT molecular complexity index is 492. The van der Waals surface area contributed by atoms with Gasteiger partial charge in [0.15, 0.2) is 0 Å². The van der Waals surface area contributed by atoms with Crippen LogP contribution in [0, 0.1) is 10.1 Å². The number of aromatic nitrogens is 1. The molecule has 0 bridgehead atoms. The van der Waals surface area contributed by atoms with Crippen molar-refractivity contribution in [2.75, 3.05) is 32.2 Å². The minimum absolute atomic E-state index is 0.0463. The van der Waals surface area contributed by atoms with Gasteiger partial charge < -0.3 is 14.8 Å². The van der Waals surface area contributed by atoms with Crippen LogP contribution in [-0.4, -0.2) is 42.4 Å². The number of pyridine rings is 1. The van der Waals surface area contributed by atoms with Crippen molar-refractivity contribution in [2.24, 2.45) is 0 Å². The van der Waals surface area contributed by atoms with Crippen molar-refractivity contribution in [3.63, 3.8) is 0 Å². The molecule has 0 unspecified atom stereocenters. The first kappa shape index (κ1) is 15.1. The van der Waals surface area contributed by atoms with E-state index in [1.54, 1.807) is 7.11 Å². The fourth-order valence-electron chi connectivity index (χ4n) is 2.10. The van der Waals surface area contributed by atoms with Crippen LogP contribution in [0.25, 0.3) is 0 Å². The number of halogens is 1. The molecule has 20 heavy (non-hydrogen) atoms. The Morgan fingerprint density at radius 1 is 1.60 bits per heavy atom. The molecule has 0 radical (unpaired) electrons. The van der Waals surface area contributed by atoms with Crippen molar-refractivity contribution in [1.82, 2.24) is 4.98 Å². The van der Waals surface area contributed by atoms with Gasteiger partial charge in [0.25, 0.3) is 5.69 Å². The predicted molar refractivity (Wildman–Crippen MR) is 76.9 cm³/mol. The zero-order chi connectivity index (χ0) is 14.6. The van der Waals surface area contributed by atoms with Gasteiger partial charge in [0.2, 0.25) is 0 Å². The summed E-state index contributed by atoms with van der Waals surface area (Å²) < 4.78 is 11.5. The second-order valence-corrected chi connectivity index (χ2v) is 5.49. The van der Waals surface area contributed by atoms with Gasteiger partial charge in [-0.15, -0.1) is 0 Å². The van der Waals surface area contributed by atoms with Crippen LogP contribution in [0.3, 0.4) is 0 Å². The van der Waals surface area contributed by atoms with E-state index in [4.69, 9.17) is 9.47 Å². The molecule has 1 aromatic heterocycles. The molecule has 1 aliphatic heterocycles. The van der Waals surface area contributed by atoms with Crippen LogP contribution in [0.1, 0.15) is 12.8 Å². The number of rotatable bonds is 5. The molecular formula is C12H16BrN3O4. The number of nitrogens with zero attached hydrogens (tertiary/aromatic N) is 2. The molecule has 1 aliphatic rings. The van der Waals surface area contributed by atoms with Gasteiger partial charge >= 0.3 is 0 Å². The maximum atomic E-state index is 10.7. The van der Waals surface area contributed by atoms with E-state index in [1.807, 2.05) is 0 Å². The Morgan fingerprint density at radius 3 is 2.85 bits per heavy atom. The molecule has 1 N–H and O–H groups in total. The predicted octanol–water partition coefficient (Wildman–Crippen LogP) is 2.36. The molecule has 1 aromatic rings. The third-order valence-corrected chi connectivity index (χ3v) is 4.06. The molecule has 0 atom stereocenters. The smallest absolute Gasteiger partial charge is 0.288 e. The van der Waals surface area contributed by atoms with E-state index in [0.29, 0.717) is 30.0 Å². The van der Waals surface area contributed by atoms with Crippen LogP contribution < -0.4 is 5.32 Å². The number of hydrogen-bond donors (Lipinski definition) is 1. The first-order valence-electron chi connectivity index (χ1n) is 6.23. The topological polar surface area (TPSA) is 86.5 Å². The fourth-order valence-corrected chi connectivity index (χ4v) is 2.58. The van der Waals surface area contributed by atoms with Crippen molar-refractivity contribution < 1.29 is 14.4 Å². The van der Waals surface area contributed by atoms with Gasteiger partial charge in [-0.25, -0.2) is 4.98 Å². The third-order valence-electron chi connectivity index (χ3n) is 3.45. The van der Waals surface area contributed by atoms with Crippen molar-refractivity contribution >= 4 is 27.4 Å². The summed E-state index contributed by atoms with van der Waals surface area (Å²) in [5.41, 5.74) is -0.323. The molecule has 0 saturated carbocycles. The lowest BCUT2D eigenvalue weighted by Crippen LogP contribution is -2.44.